The molecule has 0 saturated carbocycles. The molecule has 128 valence electrons. The number of hydrogen-bond donors (Lipinski definition) is 2. The van der Waals surface area contributed by atoms with Crippen LogP contribution in [0.3, 0.4) is 0 Å². The van der Waals surface area contributed by atoms with E-state index in [2.05, 4.69) is 10.0 Å². The summed E-state index contributed by atoms with van der Waals surface area (Å²) in [5.41, 5.74) is 0.920. The Morgan fingerprint density at radius 1 is 1.39 bits per heavy atom. The minimum absolute atomic E-state index is 0.0141. The van der Waals surface area contributed by atoms with E-state index in [0.29, 0.717) is 11.1 Å². The molecule has 0 bridgehead atoms. The molecule has 23 heavy (non-hydrogen) atoms. The largest absolute Gasteiger partial charge is 0.316 e. The Bertz CT molecular complexity index is 697. The number of piperidine rings is 1. The molecule has 2 atom stereocenters. The highest BCUT2D eigenvalue weighted by Gasteiger charge is 2.27. The predicted octanol–water partition coefficient (Wildman–Crippen LogP) is 1.88. The molecule has 1 fully saturated rings. The maximum Gasteiger partial charge on any atom is 0.271 e. The van der Waals surface area contributed by atoms with Gasteiger partial charge in [-0.15, -0.1) is 0 Å². The molecular weight excluding hydrogens is 318 g/mol. The summed E-state index contributed by atoms with van der Waals surface area (Å²) in [6, 6.07) is 2.30. The monoisotopic (exact) mass is 341 g/mol. The van der Waals surface area contributed by atoms with Crippen molar-refractivity contribution in [1.82, 2.24) is 10.0 Å². The van der Waals surface area contributed by atoms with Gasteiger partial charge in [-0.3, -0.25) is 10.1 Å². The van der Waals surface area contributed by atoms with Gasteiger partial charge >= 0.3 is 0 Å². The van der Waals surface area contributed by atoms with Gasteiger partial charge in [0.1, 0.15) is 0 Å². The molecule has 0 aromatic heterocycles. The summed E-state index contributed by atoms with van der Waals surface area (Å²) in [5, 5.41) is 14.3. The van der Waals surface area contributed by atoms with Crippen molar-refractivity contribution in [3.63, 3.8) is 0 Å². The lowest BCUT2D eigenvalue weighted by atomic mass is 9.94. The number of hydrogen-bond acceptors (Lipinski definition) is 5. The average molecular weight is 341 g/mol. The van der Waals surface area contributed by atoms with Crippen LogP contribution in [0.2, 0.25) is 0 Å². The fourth-order valence-corrected chi connectivity index (χ4v) is 4.55. The van der Waals surface area contributed by atoms with Crippen LogP contribution in [0.4, 0.5) is 5.69 Å². The standard InChI is InChI=1S/C15H23N3O4S/c1-10-7-14(18(19)20)8-15(11(10)2)23(21,22)17-12(3)13-5-4-6-16-9-13/h7-8,12-13,16-17H,4-6,9H2,1-3H3. The third-order valence-corrected chi connectivity index (χ3v) is 6.17. The predicted molar refractivity (Wildman–Crippen MR) is 87.9 cm³/mol. The van der Waals surface area contributed by atoms with E-state index in [1.165, 1.54) is 6.07 Å². The van der Waals surface area contributed by atoms with Crippen LogP contribution in [0.5, 0.6) is 0 Å². The highest BCUT2D eigenvalue weighted by atomic mass is 32.2. The summed E-state index contributed by atoms with van der Waals surface area (Å²) in [4.78, 5) is 10.4. The first-order chi connectivity index (χ1) is 10.7. The summed E-state index contributed by atoms with van der Waals surface area (Å²) in [5.74, 6) is 0.221. The molecule has 1 saturated heterocycles. The fourth-order valence-electron chi connectivity index (χ4n) is 2.90. The van der Waals surface area contributed by atoms with Crippen LogP contribution in [0.1, 0.15) is 30.9 Å². The number of non-ortho nitro benzene ring substituents is 1. The Kier molecular flexibility index (Phi) is 5.38. The third kappa shape index (κ3) is 4.07. The Morgan fingerprint density at radius 2 is 2.09 bits per heavy atom. The van der Waals surface area contributed by atoms with Crippen LogP contribution < -0.4 is 10.0 Å². The van der Waals surface area contributed by atoms with Crippen LogP contribution in [-0.4, -0.2) is 32.5 Å². The van der Waals surface area contributed by atoms with Gasteiger partial charge in [-0.1, -0.05) is 0 Å². The zero-order valence-corrected chi connectivity index (χ0v) is 14.4. The first-order valence-electron chi connectivity index (χ1n) is 7.71. The van der Waals surface area contributed by atoms with Crippen LogP contribution in [0, 0.1) is 29.9 Å². The number of aryl methyl sites for hydroxylation is 1. The molecule has 0 radical (unpaired) electrons. The van der Waals surface area contributed by atoms with Gasteiger partial charge in [-0.2, -0.15) is 0 Å². The minimum Gasteiger partial charge on any atom is -0.316 e. The lowest BCUT2D eigenvalue weighted by Gasteiger charge is -2.29. The Hall–Kier alpha value is -1.51. The van der Waals surface area contributed by atoms with E-state index in [1.54, 1.807) is 13.8 Å². The van der Waals surface area contributed by atoms with Gasteiger partial charge < -0.3 is 5.32 Å². The Labute approximate surface area is 136 Å². The molecule has 1 aromatic carbocycles. The third-order valence-electron chi connectivity index (χ3n) is 4.49. The van der Waals surface area contributed by atoms with E-state index in [9.17, 15) is 18.5 Å². The summed E-state index contributed by atoms with van der Waals surface area (Å²) in [6.07, 6.45) is 1.98. The van der Waals surface area contributed by atoms with E-state index < -0.39 is 14.9 Å². The van der Waals surface area contributed by atoms with Crippen LogP contribution in [0.25, 0.3) is 0 Å². The molecule has 1 aliphatic rings. The summed E-state index contributed by atoms with van der Waals surface area (Å²) < 4.78 is 28.0. The first kappa shape index (κ1) is 17.8. The molecule has 2 N–H and O–H groups in total. The molecule has 8 heteroatoms. The minimum atomic E-state index is -3.80. The zero-order chi connectivity index (χ0) is 17.2. The van der Waals surface area contributed by atoms with Crippen molar-refractivity contribution in [2.45, 2.75) is 44.6 Å². The second-order valence-corrected chi connectivity index (χ2v) is 7.84. The van der Waals surface area contributed by atoms with Crippen molar-refractivity contribution < 1.29 is 13.3 Å². The van der Waals surface area contributed by atoms with Gasteiger partial charge in [-0.05, 0) is 63.7 Å². The van der Waals surface area contributed by atoms with Crippen molar-refractivity contribution in [2.24, 2.45) is 5.92 Å². The maximum atomic E-state index is 12.7. The lowest BCUT2D eigenvalue weighted by Crippen LogP contribution is -2.44. The molecule has 2 unspecified atom stereocenters. The molecule has 0 aliphatic carbocycles. The van der Waals surface area contributed by atoms with Crippen molar-refractivity contribution in [3.8, 4) is 0 Å². The molecule has 0 amide bonds. The van der Waals surface area contributed by atoms with Gasteiger partial charge in [0.25, 0.3) is 5.69 Å². The molecule has 0 spiro atoms. The Balaban J connectivity index is 2.30. The number of rotatable bonds is 5. The highest BCUT2D eigenvalue weighted by molar-refractivity contribution is 7.89. The van der Waals surface area contributed by atoms with Gasteiger partial charge in [-0.25, -0.2) is 13.1 Å². The second-order valence-electron chi connectivity index (χ2n) is 6.16. The van der Waals surface area contributed by atoms with Crippen LogP contribution >= 0.6 is 0 Å². The van der Waals surface area contributed by atoms with E-state index >= 15 is 0 Å². The fraction of sp³-hybridized carbons (Fsp3) is 0.600. The summed E-state index contributed by atoms with van der Waals surface area (Å²) >= 11 is 0. The van der Waals surface area contributed by atoms with Crippen LogP contribution in [0.15, 0.2) is 17.0 Å². The number of benzene rings is 1. The maximum absolute atomic E-state index is 12.7. The van der Waals surface area contributed by atoms with E-state index in [4.69, 9.17) is 0 Å². The normalized spacial score (nSPS) is 20.2. The molecule has 7 nitrogen and oxygen atoms in total. The molecular formula is C15H23N3O4S. The van der Waals surface area contributed by atoms with E-state index in [-0.39, 0.29) is 22.5 Å². The van der Waals surface area contributed by atoms with Gasteiger partial charge in [0.05, 0.1) is 9.82 Å². The van der Waals surface area contributed by atoms with Crippen molar-refractivity contribution in [2.75, 3.05) is 13.1 Å². The first-order valence-corrected chi connectivity index (χ1v) is 9.19. The number of nitrogens with zero attached hydrogens (tertiary/aromatic N) is 1. The van der Waals surface area contributed by atoms with Crippen molar-refractivity contribution in [1.29, 1.82) is 0 Å². The smallest absolute Gasteiger partial charge is 0.271 e. The zero-order valence-electron chi connectivity index (χ0n) is 13.6. The molecule has 1 aliphatic heterocycles. The van der Waals surface area contributed by atoms with Gasteiger partial charge in [0, 0.05) is 18.2 Å². The second kappa shape index (κ2) is 6.94. The number of nitrogens with one attached hydrogen (secondary N) is 2. The van der Waals surface area contributed by atoms with Gasteiger partial charge in [0.15, 0.2) is 0 Å². The van der Waals surface area contributed by atoms with Crippen molar-refractivity contribution >= 4 is 15.7 Å². The number of sulfonamides is 1. The number of nitro groups is 1. The molecule has 1 aromatic rings. The molecule has 2 rings (SSSR count). The van der Waals surface area contributed by atoms with E-state index in [0.717, 1.165) is 32.0 Å². The number of nitro benzene ring substituents is 1. The Morgan fingerprint density at radius 3 is 2.65 bits per heavy atom. The lowest BCUT2D eigenvalue weighted by molar-refractivity contribution is -0.385. The van der Waals surface area contributed by atoms with Crippen molar-refractivity contribution in [3.05, 3.63) is 33.4 Å². The van der Waals surface area contributed by atoms with Crippen LogP contribution in [-0.2, 0) is 10.0 Å². The van der Waals surface area contributed by atoms with Gasteiger partial charge in [0.2, 0.25) is 10.0 Å². The summed E-state index contributed by atoms with van der Waals surface area (Å²) in [7, 11) is -3.80. The molecule has 1 heterocycles. The summed E-state index contributed by atoms with van der Waals surface area (Å²) in [6.45, 7) is 6.92. The highest BCUT2D eigenvalue weighted by Crippen LogP contribution is 2.26. The quantitative estimate of drug-likeness (QED) is 0.629. The SMILES string of the molecule is Cc1cc([N+](=O)[O-])cc(S(=O)(=O)NC(C)C2CCCNC2)c1C. The topological polar surface area (TPSA) is 101 Å². The van der Waals surface area contributed by atoms with E-state index in [1.807, 2.05) is 6.92 Å². The average Bonchev–Trinajstić information content (AvgIpc) is 2.49.